The molecule has 0 aliphatic rings. The van der Waals surface area contributed by atoms with Gasteiger partial charge in [-0.25, -0.2) is 9.97 Å². The Morgan fingerprint density at radius 3 is 1.01 bits per heavy atom. The zero-order valence-corrected chi connectivity index (χ0v) is 35.7. The summed E-state index contributed by atoms with van der Waals surface area (Å²) >= 11 is 0. The number of hydrogen-bond donors (Lipinski definition) is 0. The Kier molecular flexibility index (Phi) is 16.2. The quantitative estimate of drug-likeness (QED) is 0.0592. The fourth-order valence-corrected chi connectivity index (χ4v) is 6.51. The van der Waals surface area contributed by atoms with Gasteiger partial charge < -0.3 is 24.1 Å². The van der Waals surface area contributed by atoms with Gasteiger partial charge in [0.15, 0.2) is 0 Å². The Bertz CT molecular complexity index is 2910. The van der Waals surface area contributed by atoms with Crippen LogP contribution in [0.5, 0.6) is 11.5 Å². The zero-order chi connectivity index (χ0) is 48.4. The first-order valence-electron chi connectivity index (χ1n) is 19.1. The molecule has 6 aromatic carbocycles. The molecule has 0 aliphatic heterocycles. The number of nitro groups is 6. The minimum Gasteiger partial charge on any atom is -0.863 e. The zero-order valence-electron chi connectivity index (χ0n) is 34.5. The van der Waals surface area contributed by atoms with Crippen molar-refractivity contribution >= 4 is 56.2 Å². The first kappa shape index (κ1) is 49.8. The van der Waals surface area contributed by atoms with Crippen molar-refractivity contribution < 1.29 is 61.6 Å². The molecule has 0 fully saturated rings. The number of imidazole rings is 2. The van der Waals surface area contributed by atoms with Crippen LogP contribution >= 0.6 is 0 Å². The van der Waals surface area contributed by atoms with E-state index in [2.05, 4.69) is 94.1 Å². The second-order valence-electron chi connectivity index (χ2n) is 13.8. The Labute approximate surface area is 390 Å². The number of rotatable bonds is 14. The van der Waals surface area contributed by atoms with Gasteiger partial charge >= 0.3 is 17.1 Å². The van der Waals surface area contributed by atoms with E-state index in [1.807, 2.05) is 24.3 Å². The molecule has 1 radical (unpaired) electrons. The van der Waals surface area contributed by atoms with E-state index < -0.39 is 75.2 Å². The van der Waals surface area contributed by atoms with Crippen LogP contribution in [-0.2, 0) is 48.1 Å². The van der Waals surface area contributed by atoms with Gasteiger partial charge in [-0.1, -0.05) is 84.9 Å². The number of fused-ring (bicyclic) bond motifs is 2. The van der Waals surface area contributed by atoms with E-state index >= 15 is 0 Å². The maximum absolute atomic E-state index is 11.1. The van der Waals surface area contributed by atoms with Crippen molar-refractivity contribution in [1.82, 2.24) is 19.1 Å². The van der Waals surface area contributed by atoms with E-state index in [9.17, 15) is 70.9 Å². The maximum Gasteiger partial charge on any atom is 2.00 e. The van der Waals surface area contributed by atoms with Crippen LogP contribution in [0, 0.1) is 60.7 Å². The maximum atomic E-state index is 11.1. The van der Waals surface area contributed by atoms with Crippen LogP contribution in [0.3, 0.4) is 0 Å². The second-order valence-corrected chi connectivity index (χ2v) is 13.8. The second kappa shape index (κ2) is 22.1. The summed E-state index contributed by atoms with van der Waals surface area (Å²) in [5.41, 5.74) is 0.150. The van der Waals surface area contributed by atoms with Gasteiger partial charge in [0.25, 0.3) is 34.1 Å². The van der Waals surface area contributed by atoms with Gasteiger partial charge in [-0.15, -0.1) is 0 Å². The number of para-hydroxylation sites is 4. The number of ether oxygens (including phenoxy) is 1. The monoisotopic (exact) mass is 969 g/mol. The van der Waals surface area contributed by atoms with Crippen molar-refractivity contribution in [2.75, 3.05) is 0 Å². The number of nitro benzene ring substituents is 6. The third-order valence-corrected chi connectivity index (χ3v) is 9.57. The van der Waals surface area contributed by atoms with Crippen molar-refractivity contribution in [3.05, 3.63) is 217 Å². The summed E-state index contributed by atoms with van der Waals surface area (Å²) in [6.45, 7) is 2.34. The van der Waals surface area contributed by atoms with Gasteiger partial charge in [-0.3, -0.25) is 60.7 Å². The summed E-state index contributed by atoms with van der Waals surface area (Å²) in [5, 5.41) is 84.2. The predicted octanol–water partition coefficient (Wildman–Crippen LogP) is 7.17. The third-order valence-electron chi connectivity index (χ3n) is 9.57. The molecule has 0 spiro atoms. The minimum absolute atomic E-state index is 0. The topological polar surface area (TPSA) is 350 Å². The Morgan fingerprint density at radius 1 is 0.426 bits per heavy atom. The molecule has 0 saturated heterocycles. The number of nitrogens with zero attached hydrogens (tertiary/aromatic N) is 10. The van der Waals surface area contributed by atoms with Crippen LogP contribution in [0.25, 0.3) is 22.1 Å². The van der Waals surface area contributed by atoms with Gasteiger partial charge in [-0.05, 0) is 35.4 Å². The fraction of sp³-hybridized carbons (Fsp3) is 0.0952. The fourth-order valence-electron chi connectivity index (χ4n) is 6.51. The molecule has 25 nitrogen and oxygen atoms in total. The summed E-state index contributed by atoms with van der Waals surface area (Å²) < 4.78 is 10.8. The van der Waals surface area contributed by atoms with E-state index in [1.54, 1.807) is 0 Å². The Balaban J connectivity index is 0.000000219. The van der Waals surface area contributed by atoms with Crippen LogP contribution < -0.4 is 10.2 Å². The Morgan fingerprint density at radius 2 is 0.721 bits per heavy atom. The number of hydrogen-bond acceptors (Lipinski definition) is 17. The van der Waals surface area contributed by atoms with Crippen molar-refractivity contribution in [3.8, 4) is 11.5 Å². The SMILES string of the molecule is O=[N+]([O-])c1cc([N+](=O)[O-])c([O-])c([N+](=O)[O-])c1.O=[N+]([O-])c1cc([N+](=O)[O-])c([O-])c([N+](=O)[O-])c1.[Mn+2].c1ccc(Cn2c(COCc3nc4ccccc4n3Cc3ccccc3)nc3ccccc32)cc1. The van der Waals surface area contributed by atoms with Crippen molar-refractivity contribution in [1.29, 1.82) is 0 Å². The molecule has 0 bridgehead atoms. The van der Waals surface area contributed by atoms with Gasteiger partial charge in [0, 0.05) is 13.1 Å². The molecule has 26 heteroatoms. The molecular formula is C42H30MnN10O15. The molecule has 0 amide bonds. The third kappa shape index (κ3) is 11.7. The molecule has 0 saturated carbocycles. The molecule has 345 valence electrons. The van der Waals surface area contributed by atoms with Gasteiger partial charge in [-0.2, -0.15) is 0 Å². The van der Waals surface area contributed by atoms with Crippen molar-refractivity contribution in [3.63, 3.8) is 0 Å². The molecule has 68 heavy (non-hydrogen) atoms. The van der Waals surface area contributed by atoms with Crippen LogP contribution in [0.4, 0.5) is 34.1 Å². The van der Waals surface area contributed by atoms with E-state index in [1.165, 1.54) is 11.1 Å². The van der Waals surface area contributed by atoms with E-state index in [0.717, 1.165) is 46.8 Å². The van der Waals surface area contributed by atoms with Crippen molar-refractivity contribution in [2.24, 2.45) is 0 Å². The van der Waals surface area contributed by atoms with Crippen LogP contribution in [0.2, 0.25) is 0 Å². The van der Waals surface area contributed by atoms with Crippen molar-refractivity contribution in [2.45, 2.75) is 26.3 Å². The van der Waals surface area contributed by atoms with E-state index in [4.69, 9.17) is 14.7 Å². The minimum atomic E-state index is -1.46. The summed E-state index contributed by atoms with van der Waals surface area (Å²) in [6.07, 6.45) is 0. The van der Waals surface area contributed by atoms with Crippen LogP contribution in [-0.4, -0.2) is 48.6 Å². The summed E-state index contributed by atoms with van der Waals surface area (Å²) in [6, 6.07) is 39.0. The molecule has 2 aromatic heterocycles. The van der Waals surface area contributed by atoms with E-state index in [-0.39, 0.29) is 17.1 Å². The number of benzene rings is 6. The Hall–Kier alpha value is -9.26. The molecule has 0 unspecified atom stereocenters. The van der Waals surface area contributed by atoms with Gasteiger partial charge in [0.05, 0.1) is 87.4 Å². The van der Waals surface area contributed by atoms with Crippen LogP contribution in [0.1, 0.15) is 22.8 Å². The number of non-ortho nitro benzene ring substituents is 2. The molecule has 8 aromatic rings. The first-order chi connectivity index (χ1) is 32.0. The first-order valence-corrected chi connectivity index (χ1v) is 19.1. The smallest absolute Gasteiger partial charge is 0.863 e. The normalized spacial score (nSPS) is 10.5. The van der Waals surface area contributed by atoms with Crippen LogP contribution in [0.15, 0.2) is 133 Å². The molecule has 8 rings (SSSR count). The standard InChI is InChI=1S/C30H26N4O.2C6H3N3O7.Mn/c1-3-11-23(12-4-1)19-33-27-17-9-7-15-25(27)31-29(33)21-35-22-30-32-26-16-8-10-18-28(26)34(30)20-24-13-5-2-6-14-24;2*10-6-4(8(13)14)1-3(7(11)12)2-5(6)9(15)16;/h1-18H,19-22H2;2*1-2,10H;/q;;;+2/p-2. The molecular weight excluding hydrogens is 939 g/mol. The largest absolute Gasteiger partial charge is 2.00 e. The molecule has 2 heterocycles. The van der Waals surface area contributed by atoms with Gasteiger partial charge in [0.1, 0.15) is 24.9 Å². The molecule has 0 N–H and O–H groups in total. The number of aromatic nitrogens is 4. The summed E-state index contributed by atoms with van der Waals surface area (Å²) in [7, 11) is 0. The predicted molar refractivity (Wildman–Crippen MR) is 231 cm³/mol. The van der Waals surface area contributed by atoms with Gasteiger partial charge in [0.2, 0.25) is 0 Å². The average Bonchev–Trinajstić information content (AvgIpc) is 3.83. The summed E-state index contributed by atoms with van der Waals surface area (Å²) in [4.78, 5) is 64.8. The molecule has 0 atom stereocenters. The van der Waals surface area contributed by atoms with E-state index in [0.29, 0.717) is 37.5 Å². The molecule has 0 aliphatic carbocycles. The average molecular weight is 970 g/mol. The summed E-state index contributed by atoms with van der Waals surface area (Å²) in [5.74, 6) is -1.08.